The lowest BCUT2D eigenvalue weighted by Crippen LogP contribution is -2.17. The van der Waals surface area contributed by atoms with Crippen LogP contribution in [0.15, 0.2) is 0 Å². The normalized spacial score (nSPS) is 21.7. The first-order valence-corrected chi connectivity index (χ1v) is 4.78. The van der Waals surface area contributed by atoms with Gasteiger partial charge in [0, 0.05) is 0 Å². The Morgan fingerprint density at radius 2 is 2.08 bits per heavy atom. The number of hydrogen-bond donors (Lipinski definition) is 1. The lowest BCUT2D eigenvalue weighted by Gasteiger charge is -2.14. The van der Waals surface area contributed by atoms with E-state index in [9.17, 15) is 4.79 Å². The zero-order valence-electron chi connectivity index (χ0n) is 9.09. The minimum absolute atomic E-state index is 0.318. The van der Waals surface area contributed by atoms with Crippen LogP contribution in [0.3, 0.4) is 0 Å². The van der Waals surface area contributed by atoms with Crippen molar-refractivity contribution in [3.8, 4) is 0 Å². The molecule has 0 aromatic carbocycles. The zero-order chi connectivity index (χ0) is 10.3. The maximum absolute atomic E-state index is 9.60. The van der Waals surface area contributed by atoms with E-state index in [1.54, 1.807) is 0 Å². The van der Waals surface area contributed by atoms with Crippen molar-refractivity contribution in [2.45, 2.75) is 39.7 Å². The summed E-state index contributed by atoms with van der Waals surface area (Å²) >= 11 is 0. The number of hydrogen-bond acceptors (Lipinski definition) is 3. The van der Waals surface area contributed by atoms with Crippen molar-refractivity contribution in [1.29, 1.82) is 0 Å². The Balaban J connectivity index is 0.000000223. The van der Waals surface area contributed by atoms with Crippen molar-refractivity contribution in [2.75, 3.05) is 13.1 Å². The summed E-state index contributed by atoms with van der Waals surface area (Å²) in [5.74, 6) is 0.935. The van der Waals surface area contributed by atoms with Gasteiger partial charge in [-0.1, -0.05) is 6.92 Å². The lowest BCUT2D eigenvalue weighted by molar-refractivity contribution is -0.138. The van der Waals surface area contributed by atoms with Crippen LogP contribution in [0.2, 0.25) is 0 Å². The van der Waals surface area contributed by atoms with Gasteiger partial charge in [-0.2, -0.15) is 0 Å². The second-order valence-corrected chi connectivity index (χ2v) is 4.42. The first-order chi connectivity index (χ1) is 5.95. The van der Waals surface area contributed by atoms with Gasteiger partial charge in [0.2, 0.25) is 0 Å². The quantitative estimate of drug-likeness (QED) is 0.633. The van der Waals surface area contributed by atoms with E-state index in [0.717, 1.165) is 5.92 Å². The Bertz CT molecular complexity index is 134. The molecule has 0 aromatic rings. The van der Waals surface area contributed by atoms with Gasteiger partial charge in [0.1, 0.15) is 5.60 Å². The molecule has 0 spiro atoms. The fraction of sp³-hybridized carbons (Fsp3) is 0.900. The molecule has 0 aliphatic carbocycles. The molecule has 0 radical (unpaired) electrons. The smallest absolute Gasteiger partial charge is 0.293 e. The summed E-state index contributed by atoms with van der Waals surface area (Å²) in [7, 11) is 0. The summed E-state index contributed by atoms with van der Waals surface area (Å²) in [6.45, 7) is 10.7. The standard InChI is InChI=1S/C5H11N.C5H10O2/c1-5-2-3-6-4-5;1-5(2,3)7-4-6/h5-6H,2-4H2,1H3;4H,1-3H3. The number of ether oxygens (including phenoxy) is 1. The van der Waals surface area contributed by atoms with Crippen molar-refractivity contribution in [3.63, 3.8) is 0 Å². The van der Waals surface area contributed by atoms with Crippen LogP contribution in [0.4, 0.5) is 0 Å². The number of rotatable bonds is 1. The van der Waals surface area contributed by atoms with E-state index in [1.165, 1.54) is 19.5 Å². The average molecular weight is 187 g/mol. The zero-order valence-corrected chi connectivity index (χ0v) is 9.09. The van der Waals surface area contributed by atoms with E-state index < -0.39 is 0 Å². The van der Waals surface area contributed by atoms with Gasteiger partial charge in [-0.15, -0.1) is 0 Å². The first-order valence-electron chi connectivity index (χ1n) is 4.78. The van der Waals surface area contributed by atoms with Gasteiger partial charge in [0.25, 0.3) is 6.47 Å². The highest BCUT2D eigenvalue weighted by molar-refractivity contribution is 5.37. The Labute approximate surface area is 80.8 Å². The summed E-state index contributed by atoms with van der Waals surface area (Å²) in [5, 5.41) is 3.27. The van der Waals surface area contributed by atoms with E-state index in [0.29, 0.717) is 6.47 Å². The maximum Gasteiger partial charge on any atom is 0.293 e. The highest BCUT2D eigenvalue weighted by atomic mass is 16.5. The van der Waals surface area contributed by atoms with Crippen LogP contribution in [0.25, 0.3) is 0 Å². The number of nitrogens with one attached hydrogen (secondary N) is 1. The molecule has 1 atom stereocenters. The first kappa shape index (κ1) is 12.4. The Morgan fingerprint density at radius 3 is 2.15 bits per heavy atom. The van der Waals surface area contributed by atoms with Crippen molar-refractivity contribution in [1.82, 2.24) is 5.32 Å². The molecule has 1 saturated heterocycles. The second kappa shape index (κ2) is 5.97. The minimum Gasteiger partial charge on any atom is -0.462 e. The fourth-order valence-electron chi connectivity index (χ4n) is 0.943. The molecule has 78 valence electrons. The largest absolute Gasteiger partial charge is 0.462 e. The number of carbonyl (C=O) groups is 1. The molecule has 0 bridgehead atoms. The van der Waals surface area contributed by atoms with Crippen molar-refractivity contribution in [3.05, 3.63) is 0 Å². The van der Waals surface area contributed by atoms with Crippen molar-refractivity contribution < 1.29 is 9.53 Å². The van der Waals surface area contributed by atoms with Gasteiger partial charge in [-0.05, 0) is 46.2 Å². The number of carbonyl (C=O) groups excluding carboxylic acids is 1. The molecule has 1 N–H and O–H groups in total. The summed E-state index contributed by atoms with van der Waals surface area (Å²) < 4.78 is 4.55. The van der Waals surface area contributed by atoms with E-state index in [-0.39, 0.29) is 5.60 Å². The summed E-state index contributed by atoms with van der Waals surface area (Å²) in [6.07, 6.45) is 1.38. The topological polar surface area (TPSA) is 38.3 Å². The molecule has 1 fully saturated rings. The SMILES string of the molecule is CC(C)(C)OC=O.CC1CCNC1. The Kier molecular flexibility index (Phi) is 5.71. The van der Waals surface area contributed by atoms with Crippen molar-refractivity contribution >= 4 is 6.47 Å². The third kappa shape index (κ3) is 9.34. The van der Waals surface area contributed by atoms with Crippen molar-refractivity contribution in [2.24, 2.45) is 5.92 Å². The lowest BCUT2D eigenvalue weighted by atomic mass is 10.2. The molecule has 1 heterocycles. The predicted octanol–water partition coefficient (Wildman–Crippen LogP) is 1.57. The molecular weight excluding hydrogens is 166 g/mol. The second-order valence-electron chi connectivity index (χ2n) is 4.42. The van der Waals surface area contributed by atoms with Crippen LogP contribution < -0.4 is 5.32 Å². The van der Waals surface area contributed by atoms with Gasteiger partial charge in [-0.25, -0.2) is 0 Å². The maximum atomic E-state index is 9.60. The molecule has 0 aromatic heterocycles. The molecule has 0 saturated carbocycles. The van der Waals surface area contributed by atoms with Crippen LogP contribution in [-0.4, -0.2) is 25.2 Å². The highest BCUT2D eigenvalue weighted by Gasteiger charge is 2.07. The van der Waals surface area contributed by atoms with Gasteiger partial charge >= 0.3 is 0 Å². The van der Waals surface area contributed by atoms with Gasteiger partial charge < -0.3 is 10.1 Å². The summed E-state index contributed by atoms with van der Waals surface area (Å²) in [4.78, 5) is 9.60. The van der Waals surface area contributed by atoms with Gasteiger partial charge in [0.15, 0.2) is 0 Å². The van der Waals surface area contributed by atoms with E-state index in [4.69, 9.17) is 0 Å². The Hall–Kier alpha value is -0.570. The summed E-state index contributed by atoms with van der Waals surface area (Å²) in [6, 6.07) is 0. The molecule has 3 nitrogen and oxygen atoms in total. The molecule has 3 heteroatoms. The Morgan fingerprint density at radius 1 is 1.46 bits per heavy atom. The van der Waals surface area contributed by atoms with Gasteiger partial charge in [0.05, 0.1) is 0 Å². The molecular formula is C10H21NO2. The molecule has 1 unspecified atom stereocenters. The molecule has 1 aliphatic heterocycles. The average Bonchev–Trinajstić information content (AvgIpc) is 2.38. The predicted molar refractivity (Wildman–Crippen MR) is 53.6 cm³/mol. The van der Waals surface area contributed by atoms with Crippen LogP contribution in [0.5, 0.6) is 0 Å². The molecule has 0 amide bonds. The van der Waals surface area contributed by atoms with Crippen LogP contribution in [0.1, 0.15) is 34.1 Å². The highest BCUT2D eigenvalue weighted by Crippen LogP contribution is 2.03. The van der Waals surface area contributed by atoms with Crippen LogP contribution in [-0.2, 0) is 9.53 Å². The molecule has 13 heavy (non-hydrogen) atoms. The van der Waals surface area contributed by atoms with Crippen LogP contribution in [0, 0.1) is 5.92 Å². The molecule has 1 rings (SSSR count). The monoisotopic (exact) mass is 187 g/mol. The third-order valence-electron chi connectivity index (χ3n) is 1.71. The van der Waals surface area contributed by atoms with E-state index in [1.807, 2.05) is 20.8 Å². The van der Waals surface area contributed by atoms with Crippen LogP contribution >= 0.6 is 0 Å². The summed E-state index contributed by atoms with van der Waals surface area (Å²) in [5.41, 5.74) is -0.318. The third-order valence-corrected chi connectivity index (χ3v) is 1.71. The fourth-order valence-corrected chi connectivity index (χ4v) is 0.943. The van der Waals surface area contributed by atoms with E-state index >= 15 is 0 Å². The van der Waals surface area contributed by atoms with Gasteiger partial charge in [-0.3, -0.25) is 4.79 Å². The van der Waals surface area contributed by atoms with E-state index in [2.05, 4.69) is 17.0 Å². The molecule has 1 aliphatic rings. The minimum atomic E-state index is -0.318.